The van der Waals surface area contributed by atoms with E-state index in [1.54, 1.807) is 12.1 Å². The molecule has 0 spiro atoms. The highest BCUT2D eigenvalue weighted by atomic mass is 32.2. The number of piperidine rings is 1. The Morgan fingerprint density at radius 2 is 1.66 bits per heavy atom. The van der Waals surface area contributed by atoms with Gasteiger partial charge in [0.2, 0.25) is 21.8 Å². The second kappa shape index (κ2) is 9.28. The molecule has 0 bridgehead atoms. The molecule has 2 fully saturated rings. The summed E-state index contributed by atoms with van der Waals surface area (Å²) in [6.45, 7) is 4.23. The summed E-state index contributed by atoms with van der Waals surface area (Å²) in [7, 11) is -3.62. The molecule has 2 unspecified atom stereocenters. The summed E-state index contributed by atoms with van der Waals surface area (Å²) in [5.41, 5.74) is 1.68. The average molecular weight is 490 g/mol. The zero-order chi connectivity index (χ0) is 24.6. The van der Waals surface area contributed by atoms with E-state index in [-0.39, 0.29) is 34.6 Å². The standard InChI is InChI=1S/C27H27N3O4S/c1-2-25(31)29-27-23-16-30(17-24(23)27)35(33,34)21-13-11-20(12-14-21)28-26(32)15-10-19-8-5-7-18-6-3-4-9-22(18)19/h2-9,11-14,23-24,27H,1,10,15-17H2,(H,28,32)(H,29,31). The van der Waals surface area contributed by atoms with Gasteiger partial charge in [0.1, 0.15) is 0 Å². The Balaban J connectivity index is 1.16. The number of carbonyl (C=O) groups is 2. The van der Waals surface area contributed by atoms with Crippen molar-refractivity contribution >= 4 is 38.3 Å². The van der Waals surface area contributed by atoms with Gasteiger partial charge >= 0.3 is 0 Å². The summed E-state index contributed by atoms with van der Waals surface area (Å²) in [4.78, 5) is 24.2. The second-order valence-electron chi connectivity index (χ2n) is 9.10. The minimum atomic E-state index is -3.62. The number of hydrogen-bond acceptors (Lipinski definition) is 4. The van der Waals surface area contributed by atoms with Crippen LogP contribution in [0.5, 0.6) is 0 Å². The monoisotopic (exact) mass is 489 g/mol. The van der Waals surface area contributed by atoms with Gasteiger partial charge < -0.3 is 10.6 Å². The zero-order valence-corrected chi connectivity index (χ0v) is 20.0. The lowest BCUT2D eigenvalue weighted by Crippen LogP contribution is -2.36. The lowest BCUT2D eigenvalue weighted by molar-refractivity contribution is -0.117. The molecule has 8 heteroatoms. The molecule has 180 valence electrons. The summed E-state index contributed by atoms with van der Waals surface area (Å²) < 4.78 is 27.5. The van der Waals surface area contributed by atoms with Crippen LogP contribution < -0.4 is 10.6 Å². The minimum absolute atomic E-state index is 0.0263. The molecule has 35 heavy (non-hydrogen) atoms. The highest BCUT2D eigenvalue weighted by Gasteiger charge is 2.58. The summed E-state index contributed by atoms with van der Waals surface area (Å²) >= 11 is 0. The number of rotatable bonds is 8. The van der Waals surface area contributed by atoms with Gasteiger partial charge in [0, 0.05) is 31.2 Å². The lowest BCUT2D eigenvalue weighted by Gasteiger charge is -2.20. The smallest absolute Gasteiger partial charge is 0.243 e. The van der Waals surface area contributed by atoms with Crippen molar-refractivity contribution in [2.75, 3.05) is 18.4 Å². The van der Waals surface area contributed by atoms with Crippen LogP contribution in [0.1, 0.15) is 12.0 Å². The molecule has 2 N–H and O–H groups in total. The van der Waals surface area contributed by atoms with Gasteiger partial charge in [-0.3, -0.25) is 9.59 Å². The molecule has 0 radical (unpaired) electrons. The van der Waals surface area contributed by atoms with Crippen LogP contribution in [0.4, 0.5) is 5.69 Å². The van der Waals surface area contributed by atoms with Gasteiger partial charge in [-0.1, -0.05) is 49.0 Å². The Morgan fingerprint density at radius 1 is 0.971 bits per heavy atom. The predicted molar refractivity (Wildman–Crippen MR) is 135 cm³/mol. The first-order chi connectivity index (χ1) is 16.9. The maximum absolute atomic E-state index is 13.0. The van der Waals surface area contributed by atoms with Gasteiger partial charge in [0.15, 0.2) is 0 Å². The molecular formula is C27H27N3O4S. The number of carbonyl (C=O) groups excluding carboxylic acids is 2. The summed E-state index contributed by atoms with van der Waals surface area (Å²) in [5.74, 6) is -0.0581. The normalized spacial score (nSPS) is 21.3. The van der Waals surface area contributed by atoms with Crippen LogP contribution in [0.25, 0.3) is 10.8 Å². The molecule has 2 amide bonds. The van der Waals surface area contributed by atoms with Crippen LogP contribution in [0.3, 0.4) is 0 Å². The number of aryl methyl sites for hydroxylation is 1. The number of benzene rings is 3. The SMILES string of the molecule is C=CC(=O)NC1C2CN(S(=O)(=O)c3ccc(NC(=O)CCc4cccc5ccccc45)cc3)CC21. The molecule has 2 aliphatic rings. The van der Waals surface area contributed by atoms with Crippen molar-refractivity contribution in [3.8, 4) is 0 Å². The molecule has 1 heterocycles. The average Bonchev–Trinajstić information content (AvgIpc) is 3.28. The van der Waals surface area contributed by atoms with Crippen molar-refractivity contribution in [1.29, 1.82) is 0 Å². The van der Waals surface area contributed by atoms with Crippen molar-refractivity contribution in [2.24, 2.45) is 11.8 Å². The van der Waals surface area contributed by atoms with E-state index in [4.69, 9.17) is 0 Å². The summed E-state index contributed by atoms with van der Waals surface area (Å²) in [5, 5.41) is 8.00. The van der Waals surface area contributed by atoms with Gasteiger partial charge in [0.25, 0.3) is 0 Å². The molecule has 1 aliphatic carbocycles. The van der Waals surface area contributed by atoms with Crippen molar-refractivity contribution in [2.45, 2.75) is 23.8 Å². The number of nitrogens with zero attached hydrogens (tertiary/aromatic N) is 1. The van der Waals surface area contributed by atoms with E-state index in [1.807, 2.05) is 24.3 Å². The van der Waals surface area contributed by atoms with Gasteiger partial charge in [-0.2, -0.15) is 4.31 Å². The van der Waals surface area contributed by atoms with Crippen LogP contribution in [0.2, 0.25) is 0 Å². The maximum Gasteiger partial charge on any atom is 0.243 e. The Kier molecular flexibility index (Phi) is 6.17. The number of fused-ring (bicyclic) bond motifs is 2. The topological polar surface area (TPSA) is 95.6 Å². The molecule has 3 aromatic carbocycles. The van der Waals surface area contributed by atoms with E-state index in [2.05, 4.69) is 35.4 Å². The predicted octanol–water partition coefficient (Wildman–Crippen LogP) is 3.33. The molecule has 1 aliphatic heterocycles. The number of nitrogens with one attached hydrogen (secondary N) is 2. The quantitative estimate of drug-likeness (QED) is 0.475. The largest absolute Gasteiger partial charge is 0.349 e. The number of anilines is 1. The molecular weight excluding hydrogens is 462 g/mol. The Hall–Kier alpha value is -3.49. The van der Waals surface area contributed by atoms with Crippen molar-refractivity contribution < 1.29 is 18.0 Å². The van der Waals surface area contributed by atoms with E-state index in [1.165, 1.54) is 22.5 Å². The third-order valence-corrected chi connectivity index (χ3v) is 8.78. The van der Waals surface area contributed by atoms with Gasteiger partial charge in [-0.15, -0.1) is 0 Å². The fourth-order valence-corrected chi connectivity index (χ4v) is 6.48. The van der Waals surface area contributed by atoms with E-state index in [9.17, 15) is 18.0 Å². The van der Waals surface area contributed by atoms with Gasteiger partial charge in [0.05, 0.1) is 4.90 Å². The van der Waals surface area contributed by atoms with E-state index >= 15 is 0 Å². The highest BCUT2D eigenvalue weighted by molar-refractivity contribution is 7.89. The number of sulfonamides is 1. The van der Waals surface area contributed by atoms with Crippen LogP contribution in [-0.2, 0) is 26.0 Å². The van der Waals surface area contributed by atoms with Gasteiger partial charge in [-0.05, 0) is 64.9 Å². The van der Waals surface area contributed by atoms with Crippen molar-refractivity contribution in [3.63, 3.8) is 0 Å². The maximum atomic E-state index is 13.0. The molecule has 1 saturated carbocycles. The van der Waals surface area contributed by atoms with Crippen LogP contribution in [0.15, 0.2) is 84.3 Å². The van der Waals surface area contributed by atoms with Crippen LogP contribution >= 0.6 is 0 Å². The molecule has 2 atom stereocenters. The van der Waals surface area contributed by atoms with E-state index < -0.39 is 10.0 Å². The summed E-state index contributed by atoms with van der Waals surface area (Å²) in [6.07, 6.45) is 2.17. The molecule has 5 rings (SSSR count). The Morgan fingerprint density at radius 3 is 2.37 bits per heavy atom. The Labute approximate surface area is 204 Å². The molecule has 3 aromatic rings. The fraction of sp³-hybridized carbons (Fsp3) is 0.259. The van der Waals surface area contributed by atoms with Crippen LogP contribution in [0, 0.1) is 11.8 Å². The third kappa shape index (κ3) is 4.72. The first-order valence-corrected chi connectivity index (χ1v) is 13.1. The molecule has 7 nitrogen and oxygen atoms in total. The molecule has 0 aromatic heterocycles. The Bertz CT molecular complexity index is 1380. The van der Waals surface area contributed by atoms with Crippen molar-refractivity contribution in [3.05, 3.63) is 84.9 Å². The van der Waals surface area contributed by atoms with Gasteiger partial charge in [-0.25, -0.2) is 8.42 Å². The number of hydrogen-bond donors (Lipinski definition) is 2. The first kappa shape index (κ1) is 23.3. The first-order valence-electron chi connectivity index (χ1n) is 11.7. The second-order valence-corrected chi connectivity index (χ2v) is 11.0. The lowest BCUT2D eigenvalue weighted by atomic mass is 10.0. The zero-order valence-electron chi connectivity index (χ0n) is 19.2. The minimum Gasteiger partial charge on any atom is -0.349 e. The molecule has 1 saturated heterocycles. The van der Waals surface area contributed by atoms with Crippen molar-refractivity contribution in [1.82, 2.24) is 9.62 Å². The fourth-order valence-electron chi connectivity index (χ4n) is 4.96. The highest BCUT2D eigenvalue weighted by Crippen LogP contribution is 2.47. The van der Waals surface area contributed by atoms with Crippen LogP contribution in [-0.4, -0.2) is 43.7 Å². The van der Waals surface area contributed by atoms with E-state index in [0.29, 0.717) is 31.6 Å². The summed E-state index contributed by atoms with van der Waals surface area (Å²) in [6, 6.07) is 20.5. The van der Waals surface area contributed by atoms with E-state index in [0.717, 1.165) is 16.3 Å². The third-order valence-electron chi connectivity index (χ3n) is 6.93. The number of amides is 2.